The maximum absolute atomic E-state index is 12.5. The van der Waals surface area contributed by atoms with E-state index in [1.54, 1.807) is 43.0 Å². The summed E-state index contributed by atoms with van der Waals surface area (Å²) >= 11 is 0. The van der Waals surface area contributed by atoms with E-state index in [1.807, 2.05) is 0 Å². The average Bonchev–Trinajstić information content (AvgIpc) is 3.02. The number of hydrogen-bond acceptors (Lipinski definition) is 3. The van der Waals surface area contributed by atoms with Gasteiger partial charge in [0.15, 0.2) is 0 Å². The molecular formula is C17H23N3O3. The number of anilines is 2. The summed E-state index contributed by atoms with van der Waals surface area (Å²) in [5, 5.41) is 5.43. The van der Waals surface area contributed by atoms with Crippen molar-refractivity contribution >= 4 is 29.1 Å². The first-order valence-electron chi connectivity index (χ1n) is 7.79. The first kappa shape index (κ1) is 17.0. The molecule has 1 saturated heterocycles. The molecule has 0 saturated carbocycles. The average molecular weight is 317 g/mol. The predicted octanol–water partition coefficient (Wildman–Crippen LogP) is 2.23. The first-order chi connectivity index (χ1) is 10.8. The number of rotatable bonds is 4. The Kier molecular flexibility index (Phi) is 5.03. The minimum atomic E-state index is -1.11. The lowest BCUT2D eigenvalue weighted by atomic mass is 9.90. The highest BCUT2D eigenvalue weighted by atomic mass is 16.2. The second-order valence-electron chi connectivity index (χ2n) is 6.34. The number of nitrogens with one attached hydrogen (secondary N) is 2. The zero-order valence-electron chi connectivity index (χ0n) is 13.8. The summed E-state index contributed by atoms with van der Waals surface area (Å²) in [7, 11) is 0. The SMILES string of the molecule is CC(=O)Nc1ccc(NC(=O)C(C)(C)C(=O)N2CCCC2)cc1. The van der Waals surface area contributed by atoms with Crippen LogP contribution in [0.15, 0.2) is 24.3 Å². The van der Waals surface area contributed by atoms with E-state index in [2.05, 4.69) is 10.6 Å². The fourth-order valence-corrected chi connectivity index (χ4v) is 2.54. The van der Waals surface area contributed by atoms with Crippen molar-refractivity contribution in [3.05, 3.63) is 24.3 Å². The minimum Gasteiger partial charge on any atom is -0.342 e. The van der Waals surface area contributed by atoms with Crippen LogP contribution in [0.1, 0.15) is 33.6 Å². The van der Waals surface area contributed by atoms with Gasteiger partial charge in [-0.3, -0.25) is 14.4 Å². The standard InChI is InChI=1S/C17H23N3O3/c1-12(21)18-13-6-8-14(9-7-13)19-15(22)17(2,3)16(23)20-10-4-5-11-20/h6-9H,4-5,10-11H2,1-3H3,(H,18,21)(H,19,22). The van der Waals surface area contributed by atoms with Crippen LogP contribution in [0.25, 0.3) is 0 Å². The Morgan fingerprint density at radius 1 is 0.957 bits per heavy atom. The van der Waals surface area contributed by atoms with Crippen LogP contribution < -0.4 is 10.6 Å². The van der Waals surface area contributed by atoms with Gasteiger partial charge in [-0.1, -0.05) is 0 Å². The molecule has 0 aromatic heterocycles. The molecule has 1 aliphatic heterocycles. The van der Waals surface area contributed by atoms with Crippen LogP contribution in [0.4, 0.5) is 11.4 Å². The van der Waals surface area contributed by atoms with E-state index in [0.29, 0.717) is 11.4 Å². The Morgan fingerprint density at radius 3 is 1.91 bits per heavy atom. The Hall–Kier alpha value is -2.37. The smallest absolute Gasteiger partial charge is 0.239 e. The van der Waals surface area contributed by atoms with Crippen molar-refractivity contribution in [3.63, 3.8) is 0 Å². The van der Waals surface area contributed by atoms with E-state index in [1.165, 1.54) is 6.92 Å². The highest BCUT2D eigenvalue weighted by Crippen LogP contribution is 2.24. The predicted molar refractivity (Wildman–Crippen MR) is 89.0 cm³/mol. The molecule has 1 fully saturated rings. The minimum absolute atomic E-state index is 0.137. The molecule has 2 rings (SSSR count). The third-order valence-electron chi connectivity index (χ3n) is 3.96. The molecule has 0 spiro atoms. The van der Waals surface area contributed by atoms with Crippen LogP contribution in [0.3, 0.4) is 0 Å². The van der Waals surface area contributed by atoms with Gasteiger partial charge >= 0.3 is 0 Å². The molecular weight excluding hydrogens is 294 g/mol. The Morgan fingerprint density at radius 2 is 1.43 bits per heavy atom. The Balaban J connectivity index is 2.02. The van der Waals surface area contributed by atoms with Crippen molar-refractivity contribution in [3.8, 4) is 0 Å². The van der Waals surface area contributed by atoms with E-state index in [9.17, 15) is 14.4 Å². The van der Waals surface area contributed by atoms with Crippen LogP contribution in [-0.4, -0.2) is 35.7 Å². The summed E-state index contributed by atoms with van der Waals surface area (Å²) in [6.07, 6.45) is 1.99. The molecule has 0 bridgehead atoms. The quantitative estimate of drug-likeness (QED) is 0.836. The topological polar surface area (TPSA) is 78.5 Å². The molecule has 6 nitrogen and oxygen atoms in total. The molecule has 1 heterocycles. The van der Waals surface area contributed by atoms with Gasteiger partial charge in [0.05, 0.1) is 0 Å². The van der Waals surface area contributed by atoms with Crippen molar-refractivity contribution in [2.24, 2.45) is 5.41 Å². The Labute approximate surface area is 136 Å². The van der Waals surface area contributed by atoms with Crippen molar-refractivity contribution < 1.29 is 14.4 Å². The highest BCUT2D eigenvalue weighted by molar-refractivity contribution is 6.10. The van der Waals surface area contributed by atoms with E-state index in [0.717, 1.165) is 25.9 Å². The van der Waals surface area contributed by atoms with Crippen LogP contribution in [0.5, 0.6) is 0 Å². The van der Waals surface area contributed by atoms with Gasteiger partial charge in [0, 0.05) is 31.4 Å². The number of hydrogen-bond donors (Lipinski definition) is 2. The lowest BCUT2D eigenvalue weighted by Gasteiger charge is -2.28. The first-order valence-corrected chi connectivity index (χ1v) is 7.79. The largest absolute Gasteiger partial charge is 0.342 e. The van der Waals surface area contributed by atoms with Crippen molar-refractivity contribution in [2.75, 3.05) is 23.7 Å². The summed E-state index contributed by atoms with van der Waals surface area (Å²) in [6, 6.07) is 6.79. The summed E-state index contributed by atoms with van der Waals surface area (Å²) in [5.41, 5.74) is 0.134. The van der Waals surface area contributed by atoms with Gasteiger partial charge in [0.25, 0.3) is 0 Å². The second-order valence-corrected chi connectivity index (χ2v) is 6.34. The summed E-state index contributed by atoms with van der Waals surface area (Å²) < 4.78 is 0. The molecule has 0 aliphatic carbocycles. The van der Waals surface area contributed by atoms with Gasteiger partial charge in [0.2, 0.25) is 17.7 Å². The maximum atomic E-state index is 12.5. The summed E-state index contributed by atoms with van der Waals surface area (Å²) in [5.74, 6) is -0.622. The molecule has 124 valence electrons. The highest BCUT2D eigenvalue weighted by Gasteiger charge is 2.39. The van der Waals surface area contributed by atoms with Gasteiger partial charge in [-0.05, 0) is 51.0 Å². The van der Waals surface area contributed by atoms with Gasteiger partial charge in [-0.25, -0.2) is 0 Å². The third kappa shape index (κ3) is 4.09. The zero-order valence-corrected chi connectivity index (χ0v) is 13.8. The summed E-state index contributed by atoms with van der Waals surface area (Å²) in [6.45, 7) is 6.17. The van der Waals surface area contributed by atoms with Crippen molar-refractivity contribution in [1.82, 2.24) is 4.90 Å². The van der Waals surface area contributed by atoms with Crippen LogP contribution in [0.2, 0.25) is 0 Å². The van der Waals surface area contributed by atoms with E-state index >= 15 is 0 Å². The molecule has 3 amide bonds. The number of carbonyl (C=O) groups is 3. The molecule has 6 heteroatoms. The van der Waals surface area contributed by atoms with Gasteiger partial charge in [0.1, 0.15) is 5.41 Å². The lowest BCUT2D eigenvalue weighted by Crippen LogP contribution is -2.46. The molecule has 1 aromatic rings. The van der Waals surface area contributed by atoms with Crippen LogP contribution >= 0.6 is 0 Å². The molecule has 0 atom stereocenters. The molecule has 1 aliphatic rings. The molecule has 2 N–H and O–H groups in total. The van der Waals surface area contributed by atoms with Crippen molar-refractivity contribution in [1.29, 1.82) is 0 Å². The fraction of sp³-hybridized carbons (Fsp3) is 0.471. The normalized spacial score (nSPS) is 14.5. The van der Waals surface area contributed by atoms with E-state index < -0.39 is 5.41 Å². The lowest BCUT2D eigenvalue weighted by molar-refractivity contribution is -0.145. The number of carbonyl (C=O) groups excluding carboxylic acids is 3. The monoisotopic (exact) mass is 317 g/mol. The van der Waals surface area contributed by atoms with E-state index in [-0.39, 0.29) is 17.7 Å². The number of nitrogens with zero attached hydrogens (tertiary/aromatic N) is 1. The third-order valence-corrected chi connectivity index (χ3v) is 3.96. The second kappa shape index (κ2) is 6.81. The van der Waals surface area contributed by atoms with Gasteiger partial charge in [-0.15, -0.1) is 0 Å². The maximum Gasteiger partial charge on any atom is 0.239 e. The number of benzene rings is 1. The van der Waals surface area contributed by atoms with E-state index in [4.69, 9.17) is 0 Å². The Bertz CT molecular complexity index is 602. The van der Waals surface area contributed by atoms with Gasteiger partial charge in [-0.2, -0.15) is 0 Å². The fourth-order valence-electron chi connectivity index (χ4n) is 2.54. The van der Waals surface area contributed by atoms with Crippen LogP contribution in [0, 0.1) is 5.41 Å². The number of amides is 3. The summed E-state index contributed by atoms with van der Waals surface area (Å²) in [4.78, 5) is 37.7. The van der Waals surface area contributed by atoms with Gasteiger partial charge < -0.3 is 15.5 Å². The molecule has 23 heavy (non-hydrogen) atoms. The molecule has 0 radical (unpaired) electrons. The zero-order chi connectivity index (χ0) is 17.0. The number of likely N-dealkylation sites (tertiary alicyclic amines) is 1. The molecule has 0 unspecified atom stereocenters. The van der Waals surface area contributed by atoms with Crippen molar-refractivity contribution in [2.45, 2.75) is 33.6 Å². The van der Waals surface area contributed by atoms with Crippen LogP contribution in [-0.2, 0) is 14.4 Å². The molecule has 1 aromatic carbocycles.